The molecule has 0 saturated carbocycles. The van der Waals surface area contributed by atoms with Crippen molar-refractivity contribution < 1.29 is 14.3 Å². The average molecular weight is 225 g/mol. The number of amides is 1. The van der Waals surface area contributed by atoms with Gasteiger partial charge in [0, 0.05) is 6.42 Å². The molecule has 0 bridgehead atoms. The normalized spacial score (nSPS) is 30.6. The van der Waals surface area contributed by atoms with E-state index in [2.05, 4.69) is 5.32 Å². The van der Waals surface area contributed by atoms with Crippen molar-refractivity contribution in [2.45, 2.75) is 39.2 Å². The third kappa shape index (κ3) is 4.47. The van der Waals surface area contributed by atoms with Gasteiger partial charge in [-0.2, -0.15) is 0 Å². The largest absolute Gasteiger partial charge is 0.463 e. The monoisotopic (exact) mass is 225 g/mol. The fraction of sp³-hybridized carbons (Fsp3) is 0.667. The van der Waals surface area contributed by atoms with Gasteiger partial charge in [0.15, 0.2) is 0 Å². The van der Waals surface area contributed by atoms with Crippen LogP contribution in [0.2, 0.25) is 0 Å². The highest BCUT2D eigenvalue weighted by atomic mass is 16.5. The van der Waals surface area contributed by atoms with Gasteiger partial charge < -0.3 is 10.1 Å². The van der Waals surface area contributed by atoms with Gasteiger partial charge in [-0.25, -0.2) is 0 Å². The lowest BCUT2D eigenvalue weighted by atomic mass is 10.1. The Kier molecular flexibility index (Phi) is 5.02. The zero-order valence-electron chi connectivity index (χ0n) is 9.86. The summed E-state index contributed by atoms with van der Waals surface area (Å²) in [6, 6.07) is -0.118. The molecule has 0 unspecified atom stereocenters. The quantitative estimate of drug-likeness (QED) is 0.501. The summed E-state index contributed by atoms with van der Waals surface area (Å²) in [5.41, 5.74) is 0. The Morgan fingerprint density at radius 2 is 2.06 bits per heavy atom. The van der Waals surface area contributed by atoms with E-state index in [4.69, 9.17) is 4.74 Å². The SMILES string of the molecule is C[C@@H]1COC(=O)[C@H](C)C/C=C/CCC(=O)N1. The lowest BCUT2D eigenvalue weighted by Crippen LogP contribution is -2.37. The number of allylic oxidation sites excluding steroid dienone is 2. The van der Waals surface area contributed by atoms with Gasteiger partial charge in [-0.05, 0) is 19.8 Å². The minimum absolute atomic E-state index is 0.00169. The molecular formula is C12H19NO3. The van der Waals surface area contributed by atoms with Crippen molar-refractivity contribution in [3.05, 3.63) is 12.2 Å². The maximum absolute atomic E-state index is 11.5. The number of hydrogen-bond donors (Lipinski definition) is 1. The van der Waals surface area contributed by atoms with Crippen LogP contribution in [0.5, 0.6) is 0 Å². The summed E-state index contributed by atoms with van der Waals surface area (Å²) in [6.45, 7) is 3.93. The van der Waals surface area contributed by atoms with E-state index in [-0.39, 0.29) is 30.4 Å². The van der Waals surface area contributed by atoms with Gasteiger partial charge in [-0.3, -0.25) is 9.59 Å². The molecule has 90 valence electrons. The molecule has 2 atom stereocenters. The van der Waals surface area contributed by atoms with Gasteiger partial charge in [0.2, 0.25) is 5.91 Å². The van der Waals surface area contributed by atoms with Crippen LogP contribution < -0.4 is 5.32 Å². The van der Waals surface area contributed by atoms with Crippen molar-refractivity contribution in [1.82, 2.24) is 5.32 Å². The molecule has 1 aliphatic rings. The Labute approximate surface area is 96.0 Å². The highest BCUT2D eigenvalue weighted by Crippen LogP contribution is 2.07. The summed E-state index contributed by atoms with van der Waals surface area (Å²) in [6.07, 6.45) is 5.76. The first-order valence-corrected chi connectivity index (χ1v) is 5.70. The van der Waals surface area contributed by atoms with Crippen LogP contribution in [0.4, 0.5) is 0 Å². The molecule has 4 heteroatoms. The summed E-state index contributed by atoms with van der Waals surface area (Å²) in [5, 5.41) is 2.78. The van der Waals surface area contributed by atoms with E-state index in [1.807, 2.05) is 26.0 Å². The first-order chi connectivity index (χ1) is 7.59. The van der Waals surface area contributed by atoms with Crippen LogP contribution in [0.25, 0.3) is 0 Å². The van der Waals surface area contributed by atoms with E-state index in [1.54, 1.807) is 0 Å². The fourth-order valence-electron chi connectivity index (χ4n) is 1.47. The van der Waals surface area contributed by atoms with Gasteiger partial charge in [0.25, 0.3) is 0 Å². The minimum atomic E-state index is -0.202. The number of cyclic esters (lactones) is 1. The number of hydrogen-bond acceptors (Lipinski definition) is 3. The zero-order valence-corrected chi connectivity index (χ0v) is 9.86. The van der Waals surface area contributed by atoms with Crippen molar-refractivity contribution in [1.29, 1.82) is 0 Å². The first-order valence-electron chi connectivity index (χ1n) is 5.70. The third-order valence-corrected chi connectivity index (χ3v) is 2.48. The molecule has 1 N–H and O–H groups in total. The second-order valence-electron chi connectivity index (χ2n) is 4.25. The molecule has 0 saturated heterocycles. The molecule has 0 radical (unpaired) electrons. The van der Waals surface area contributed by atoms with Crippen LogP contribution in [0.3, 0.4) is 0 Å². The maximum atomic E-state index is 11.5. The molecule has 1 rings (SSSR count). The van der Waals surface area contributed by atoms with Gasteiger partial charge >= 0.3 is 5.97 Å². The standard InChI is InChI=1S/C12H19NO3/c1-9-6-4-3-5-7-11(14)13-10(2)8-16-12(9)15/h3-4,9-10H,5-8H2,1-2H3,(H,13,14)/b4-3+/t9-,10-/m1/s1. The van der Waals surface area contributed by atoms with Crippen LogP contribution in [0.1, 0.15) is 33.1 Å². The Bertz CT molecular complexity index is 286. The molecule has 1 aliphatic heterocycles. The molecule has 0 aromatic carbocycles. The van der Waals surface area contributed by atoms with Crippen LogP contribution in [0.15, 0.2) is 12.2 Å². The van der Waals surface area contributed by atoms with Gasteiger partial charge in [-0.15, -0.1) is 0 Å². The summed E-state index contributed by atoms with van der Waals surface area (Å²) >= 11 is 0. The summed E-state index contributed by atoms with van der Waals surface area (Å²) < 4.78 is 5.10. The molecule has 16 heavy (non-hydrogen) atoms. The van der Waals surface area contributed by atoms with Crippen molar-refractivity contribution in [2.75, 3.05) is 6.61 Å². The Morgan fingerprint density at radius 1 is 1.31 bits per heavy atom. The molecule has 1 heterocycles. The van der Waals surface area contributed by atoms with E-state index in [0.29, 0.717) is 12.8 Å². The lowest BCUT2D eigenvalue weighted by molar-refractivity contribution is -0.149. The Hall–Kier alpha value is -1.32. The van der Waals surface area contributed by atoms with E-state index in [1.165, 1.54) is 0 Å². The van der Waals surface area contributed by atoms with Gasteiger partial charge in [0.1, 0.15) is 6.61 Å². The average Bonchev–Trinajstić information content (AvgIpc) is 2.23. The highest BCUT2D eigenvalue weighted by Gasteiger charge is 2.15. The molecule has 1 amide bonds. The minimum Gasteiger partial charge on any atom is -0.463 e. The predicted molar refractivity (Wildman–Crippen MR) is 60.7 cm³/mol. The van der Waals surface area contributed by atoms with E-state index in [9.17, 15) is 9.59 Å². The fourth-order valence-corrected chi connectivity index (χ4v) is 1.47. The lowest BCUT2D eigenvalue weighted by Gasteiger charge is -2.16. The van der Waals surface area contributed by atoms with Crippen LogP contribution in [-0.2, 0) is 14.3 Å². The number of rotatable bonds is 0. The smallest absolute Gasteiger partial charge is 0.309 e. The van der Waals surface area contributed by atoms with E-state index < -0.39 is 0 Å². The molecule has 0 aliphatic carbocycles. The molecular weight excluding hydrogens is 206 g/mol. The van der Waals surface area contributed by atoms with Crippen molar-refractivity contribution in [3.8, 4) is 0 Å². The zero-order chi connectivity index (χ0) is 12.0. The van der Waals surface area contributed by atoms with Crippen LogP contribution in [0, 0.1) is 5.92 Å². The Morgan fingerprint density at radius 3 is 2.81 bits per heavy atom. The first kappa shape index (κ1) is 12.7. The highest BCUT2D eigenvalue weighted by molar-refractivity contribution is 5.76. The van der Waals surface area contributed by atoms with E-state index in [0.717, 1.165) is 6.42 Å². The summed E-state index contributed by atoms with van der Waals surface area (Å²) in [4.78, 5) is 22.9. The van der Waals surface area contributed by atoms with Crippen molar-refractivity contribution in [2.24, 2.45) is 5.92 Å². The van der Waals surface area contributed by atoms with Crippen LogP contribution >= 0.6 is 0 Å². The topological polar surface area (TPSA) is 55.4 Å². The van der Waals surface area contributed by atoms with Crippen molar-refractivity contribution >= 4 is 11.9 Å². The number of esters is 1. The van der Waals surface area contributed by atoms with E-state index >= 15 is 0 Å². The summed E-state index contributed by atoms with van der Waals surface area (Å²) in [5.74, 6) is -0.313. The van der Waals surface area contributed by atoms with Crippen LogP contribution in [-0.4, -0.2) is 24.5 Å². The second-order valence-corrected chi connectivity index (χ2v) is 4.25. The van der Waals surface area contributed by atoms with Crippen molar-refractivity contribution in [3.63, 3.8) is 0 Å². The second kappa shape index (κ2) is 6.30. The van der Waals surface area contributed by atoms with Gasteiger partial charge in [-0.1, -0.05) is 19.1 Å². The Balaban J connectivity index is 2.58. The number of carbonyl (C=O) groups excluding carboxylic acids is 2. The maximum Gasteiger partial charge on any atom is 0.309 e. The molecule has 0 fully saturated rings. The molecule has 0 spiro atoms. The number of ether oxygens (including phenoxy) is 1. The van der Waals surface area contributed by atoms with Gasteiger partial charge in [0.05, 0.1) is 12.0 Å². The predicted octanol–water partition coefficient (Wildman–Crippen LogP) is 1.41. The molecule has 0 aromatic rings. The molecule has 4 nitrogen and oxygen atoms in total. The molecule has 0 aromatic heterocycles. The third-order valence-electron chi connectivity index (χ3n) is 2.48. The number of carbonyl (C=O) groups is 2. The number of nitrogens with one attached hydrogen (secondary N) is 1. The summed E-state index contributed by atoms with van der Waals surface area (Å²) in [7, 11) is 0.